The Hall–Kier alpha value is -3.16. The fourth-order valence-electron chi connectivity index (χ4n) is 1.84. The van der Waals surface area contributed by atoms with Crippen molar-refractivity contribution >= 4 is 11.9 Å². The molecule has 0 spiro atoms. The SMILES string of the molecule is COc1ccc(-n2nnnc2/C=C\Nc2cc(C)on2)cc1. The molecule has 3 rings (SSSR count). The molecule has 0 aliphatic heterocycles. The van der Waals surface area contributed by atoms with Crippen LogP contribution in [0.1, 0.15) is 11.6 Å². The van der Waals surface area contributed by atoms with E-state index in [1.54, 1.807) is 30.1 Å². The first kappa shape index (κ1) is 13.8. The lowest BCUT2D eigenvalue weighted by atomic mass is 10.3. The van der Waals surface area contributed by atoms with E-state index in [0.29, 0.717) is 11.6 Å². The molecule has 0 bridgehead atoms. The molecule has 1 N–H and O–H groups in total. The number of tetrazole rings is 1. The number of nitrogens with one attached hydrogen (secondary N) is 1. The maximum absolute atomic E-state index is 5.13. The van der Waals surface area contributed by atoms with Crippen molar-refractivity contribution in [2.45, 2.75) is 6.92 Å². The van der Waals surface area contributed by atoms with E-state index in [-0.39, 0.29) is 0 Å². The minimum atomic E-state index is 0.581. The summed E-state index contributed by atoms with van der Waals surface area (Å²) >= 11 is 0. The van der Waals surface area contributed by atoms with Crippen LogP contribution in [0.2, 0.25) is 0 Å². The zero-order valence-corrected chi connectivity index (χ0v) is 12.1. The molecule has 2 heterocycles. The number of rotatable bonds is 5. The van der Waals surface area contributed by atoms with Gasteiger partial charge in [0.05, 0.1) is 12.8 Å². The molecular weight excluding hydrogens is 284 g/mol. The summed E-state index contributed by atoms with van der Waals surface area (Å²) in [5.74, 6) is 2.71. The Morgan fingerprint density at radius 2 is 2.09 bits per heavy atom. The van der Waals surface area contributed by atoms with Gasteiger partial charge in [0.2, 0.25) is 0 Å². The van der Waals surface area contributed by atoms with Crippen LogP contribution in [0.3, 0.4) is 0 Å². The summed E-state index contributed by atoms with van der Waals surface area (Å²) in [4.78, 5) is 0. The van der Waals surface area contributed by atoms with Crippen molar-refractivity contribution in [1.29, 1.82) is 0 Å². The number of ether oxygens (including phenoxy) is 1. The highest BCUT2D eigenvalue weighted by Crippen LogP contribution is 2.15. The topological polar surface area (TPSA) is 90.9 Å². The zero-order chi connectivity index (χ0) is 15.4. The minimum absolute atomic E-state index is 0.581. The Labute approximate surface area is 126 Å². The molecule has 0 aliphatic rings. The standard InChI is InChI=1S/C14H14N6O2/c1-10-9-13(17-22-10)15-8-7-14-16-18-19-20(14)11-3-5-12(21-2)6-4-11/h3-9H,1-2H3,(H,15,17)/b8-7-. The molecule has 3 aromatic rings. The summed E-state index contributed by atoms with van der Waals surface area (Å²) in [6.45, 7) is 1.83. The molecule has 0 fully saturated rings. The van der Waals surface area contributed by atoms with Crippen LogP contribution in [-0.4, -0.2) is 32.5 Å². The molecule has 0 saturated heterocycles. The number of benzene rings is 1. The van der Waals surface area contributed by atoms with E-state index in [0.717, 1.165) is 17.2 Å². The summed E-state index contributed by atoms with van der Waals surface area (Å²) in [5.41, 5.74) is 0.836. The first-order valence-electron chi connectivity index (χ1n) is 6.55. The van der Waals surface area contributed by atoms with Gasteiger partial charge < -0.3 is 14.6 Å². The van der Waals surface area contributed by atoms with Crippen LogP contribution in [0.15, 0.2) is 41.1 Å². The Balaban J connectivity index is 1.76. The summed E-state index contributed by atoms with van der Waals surface area (Å²) < 4.78 is 11.7. The Morgan fingerprint density at radius 3 is 2.77 bits per heavy atom. The number of methoxy groups -OCH3 is 1. The Bertz CT molecular complexity index is 775. The van der Waals surface area contributed by atoms with Crippen molar-refractivity contribution in [2.75, 3.05) is 12.4 Å². The molecule has 1 aromatic carbocycles. The molecule has 0 unspecified atom stereocenters. The van der Waals surface area contributed by atoms with Gasteiger partial charge in [-0.1, -0.05) is 5.16 Å². The molecule has 0 aliphatic carbocycles. The lowest BCUT2D eigenvalue weighted by molar-refractivity contribution is 0.400. The highest BCUT2D eigenvalue weighted by atomic mass is 16.5. The third-order valence-electron chi connectivity index (χ3n) is 2.90. The molecule has 8 nitrogen and oxygen atoms in total. The maximum atomic E-state index is 5.13. The van der Waals surface area contributed by atoms with Crippen molar-refractivity contribution < 1.29 is 9.26 Å². The predicted octanol–water partition coefficient (Wildman–Crippen LogP) is 2.05. The second kappa shape index (κ2) is 6.08. The van der Waals surface area contributed by atoms with Crippen molar-refractivity contribution in [3.8, 4) is 11.4 Å². The van der Waals surface area contributed by atoms with Crippen LogP contribution in [0.25, 0.3) is 11.8 Å². The largest absolute Gasteiger partial charge is 0.497 e. The van der Waals surface area contributed by atoms with E-state index < -0.39 is 0 Å². The quantitative estimate of drug-likeness (QED) is 0.770. The Kier molecular flexibility index (Phi) is 3.82. The lowest BCUT2D eigenvalue weighted by Gasteiger charge is -2.03. The third-order valence-corrected chi connectivity index (χ3v) is 2.90. The van der Waals surface area contributed by atoms with Gasteiger partial charge in [0.15, 0.2) is 11.6 Å². The van der Waals surface area contributed by atoms with Gasteiger partial charge in [0.1, 0.15) is 11.5 Å². The van der Waals surface area contributed by atoms with Crippen molar-refractivity contribution in [3.05, 3.63) is 48.1 Å². The highest BCUT2D eigenvalue weighted by Gasteiger charge is 2.05. The predicted molar refractivity (Wildman–Crippen MR) is 79.6 cm³/mol. The van der Waals surface area contributed by atoms with Gasteiger partial charge >= 0.3 is 0 Å². The average molecular weight is 298 g/mol. The summed E-state index contributed by atoms with van der Waals surface area (Å²) in [6, 6.07) is 9.24. The maximum Gasteiger partial charge on any atom is 0.181 e. The van der Waals surface area contributed by atoms with Crippen molar-refractivity contribution in [3.63, 3.8) is 0 Å². The number of hydrogen-bond acceptors (Lipinski definition) is 7. The van der Waals surface area contributed by atoms with E-state index in [1.807, 2.05) is 31.2 Å². The first-order chi connectivity index (χ1) is 10.8. The number of anilines is 1. The van der Waals surface area contributed by atoms with Gasteiger partial charge in [-0.3, -0.25) is 0 Å². The van der Waals surface area contributed by atoms with Crippen LogP contribution in [-0.2, 0) is 0 Å². The van der Waals surface area contributed by atoms with E-state index in [2.05, 4.69) is 26.0 Å². The molecule has 2 aromatic heterocycles. The van der Waals surface area contributed by atoms with E-state index in [1.165, 1.54) is 0 Å². The van der Waals surface area contributed by atoms with Crippen molar-refractivity contribution in [2.24, 2.45) is 0 Å². The summed E-state index contributed by atoms with van der Waals surface area (Å²) in [7, 11) is 1.62. The van der Waals surface area contributed by atoms with Gasteiger partial charge in [-0.2, -0.15) is 4.68 Å². The van der Waals surface area contributed by atoms with Gasteiger partial charge in [-0.15, -0.1) is 5.10 Å². The Morgan fingerprint density at radius 1 is 1.27 bits per heavy atom. The van der Waals surface area contributed by atoms with Crippen LogP contribution in [0.4, 0.5) is 5.82 Å². The second-order valence-corrected chi connectivity index (χ2v) is 4.45. The van der Waals surface area contributed by atoms with Gasteiger partial charge in [0.25, 0.3) is 0 Å². The van der Waals surface area contributed by atoms with E-state index in [4.69, 9.17) is 9.26 Å². The number of aryl methyl sites for hydroxylation is 1. The molecule has 8 heteroatoms. The molecule has 0 atom stereocenters. The van der Waals surface area contributed by atoms with Crippen LogP contribution < -0.4 is 10.1 Å². The number of nitrogens with zero attached hydrogens (tertiary/aromatic N) is 5. The van der Waals surface area contributed by atoms with E-state index >= 15 is 0 Å². The molecule has 0 saturated carbocycles. The minimum Gasteiger partial charge on any atom is -0.497 e. The molecule has 22 heavy (non-hydrogen) atoms. The monoisotopic (exact) mass is 298 g/mol. The third kappa shape index (κ3) is 2.95. The first-order valence-corrected chi connectivity index (χ1v) is 6.55. The highest BCUT2D eigenvalue weighted by molar-refractivity contribution is 5.49. The van der Waals surface area contributed by atoms with Gasteiger partial charge in [-0.05, 0) is 41.6 Å². The molecule has 112 valence electrons. The molecule has 0 radical (unpaired) electrons. The zero-order valence-electron chi connectivity index (χ0n) is 12.1. The normalized spacial score (nSPS) is 11.0. The lowest BCUT2D eigenvalue weighted by Crippen LogP contribution is -2.00. The van der Waals surface area contributed by atoms with Gasteiger partial charge in [-0.25, -0.2) is 0 Å². The van der Waals surface area contributed by atoms with Crippen LogP contribution in [0, 0.1) is 6.92 Å². The smallest absolute Gasteiger partial charge is 0.181 e. The van der Waals surface area contributed by atoms with Crippen molar-refractivity contribution in [1.82, 2.24) is 25.4 Å². The second-order valence-electron chi connectivity index (χ2n) is 4.45. The fraction of sp³-hybridized carbons (Fsp3) is 0.143. The van der Waals surface area contributed by atoms with E-state index in [9.17, 15) is 0 Å². The summed E-state index contributed by atoms with van der Waals surface area (Å²) in [6.07, 6.45) is 3.44. The van der Waals surface area contributed by atoms with Crippen LogP contribution in [0.5, 0.6) is 5.75 Å². The van der Waals surface area contributed by atoms with Crippen LogP contribution >= 0.6 is 0 Å². The fourth-order valence-corrected chi connectivity index (χ4v) is 1.84. The summed E-state index contributed by atoms with van der Waals surface area (Å²) in [5, 5.41) is 18.4. The number of hydrogen-bond donors (Lipinski definition) is 1. The number of aromatic nitrogens is 5. The molecular formula is C14H14N6O2. The molecule has 0 amide bonds. The average Bonchev–Trinajstić information content (AvgIpc) is 3.17. The van der Waals surface area contributed by atoms with Gasteiger partial charge in [0, 0.05) is 18.3 Å².